The normalized spacial score (nSPS) is 12.9. The van der Waals surface area contributed by atoms with Crippen molar-refractivity contribution in [2.75, 3.05) is 5.75 Å². The van der Waals surface area contributed by atoms with Gasteiger partial charge < -0.3 is 4.98 Å². The van der Waals surface area contributed by atoms with Crippen molar-refractivity contribution < 1.29 is 4.21 Å². The summed E-state index contributed by atoms with van der Waals surface area (Å²) in [4.78, 5) is 15.7. The second-order valence-electron chi connectivity index (χ2n) is 4.08. The number of rotatable bonds is 5. The van der Waals surface area contributed by atoms with E-state index in [1.165, 1.54) is 6.33 Å². The average molecular weight is 359 g/mol. The fraction of sp³-hybridized carbons (Fsp3) is 0.250. The maximum absolute atomic E-state index is 12.4. The van der Waals surface area contributed by atoms with Crippen molar-refractivity contribution in [2.45, 2.75) is 22.9 Å². The summed E-state index contributed by atoms with van der Waals surface area (Å²) in [6.07, 6.45) is 1.46. The van der Waals surface area contributed by atoms with Crippen LogP contribution < -0.4 is 0 Å². The number of imidazole rings is 1. The summed E-state index contributed by atoms with van der Waals surface area (Å²) >= 11 is 9.36. The highest BCUT2D eigenvalue weighted by atomic mass is 35.5. The molecule has 0 saturated heterocycles. The van der Waals surface area contributed by atoms with E-state index >= 15 is 0 Å². The SMILES string of the molecule is CCSc1ncnc(CS(=O)c2nc3cscc3[nH]2)c1Cl. The quantitative estimate of drug-likeness (QED) is 0.558. The fourth-order valence-corrected chi connectivity index (χ4v) is 4.52. The summed E-state index contributed by atoms with van der Waals surface area (Å²) in [6.45, 7) is 2.02. The van der Waals surface area contributed by atoms with Crippen LogP contribution in [0.25, 0.3) is 11.0 Å². The number of nitrogens with zero attached hydrogens (tertiary/aromatic N) is 3. The van der Waals surface area contributed by atoms with Crippen molar-refractivity contribution in [2.24, 2.45) is 0 Å². The maximum Gasteiger partial charge on any atom is 0.197 e. The molecule has 0 aliphatic rings. The predicted octanol–water partition coefficient (Wildman–Crippen LogP) is 3.49. The van der Waals surface area contributed by atoms with Gasteiger partial charge in [-0.2, -0.15) is 0 Å². The Balaban J connectivity index is 1.84. The lowest BCUT2D eigenvalue weighted by Gasteiger charge is -2.05. The molecule has 1 unspecified atom stereocenters. The van der Waals surface area contributed by atoms with Gasteiger partial charge in [-0.15, -0.1) is 23.1 Å². The average Bonchev–Trinajstić information content (AvgIpc) is 3.04. The zero-order valence-corrected chi connectivity index (χ0v) is 14.2. The minimum atomic E-state index is -1.31. The summed E-state index contributed by atoms with van der Waals surface area (Å²) in [5, 5.41) is 5.51. The maximum atomic E-state index is 12.4. The van der Waals surface area contributed by atoms with Gasteiger partial charge in [-0.25, -0.2) is 15.0 Å². The Morgan fingerprint density at radius 3 is 3.05 bits per heavy atom. The van der Waals surface area contributed by atoms with Gasteiger partial charge in [0.1, 0.15) is 16.9 Å². The molecule has 0 spiro atoms. The summed E-state index contributed by atoms with van der Waals surface area (Å²) in [6, 6.07) is 0. The van der Waals surface area contributed by atoms with E-state index in [1.54, 1.807) is 23.1 Å². The van der Waals surface area contributed by atoms with E-state index in [2.05, 4.69) is 19.9 Å². The molecule has 0 aliphatic heterocycles. The Kier molecular flexibility index (Phi) is 4.58. The summed E-state index contributed by atoms with van der Waals surface area (Å²) < 4.78 is 12.4. The van der Waals surface area contributed by atoms with E-state index in [9.17, 15) is 4.21 Å². The molecule has 110 valence electrons. The third kappa shape index (κ3) is 3.13. The molecular weight excluding hydrogens is 348 g/mol. The van der Waals surface area contributed by atoms with Crippen LogP contribution in [0.15, 0.2) is 27.3 Å². The fourth-order valence-electron chi connectivity index (χ4n) is 1.75. The van der Waals surface area contributed by atoms with Gasteiger partial charge in [0.2, 0.25) is 0 Å². The predicted molar refractivity (Wildman–Crippen MR) is 87.5 cm³/mol. The minimum absolute atomic E-state index is 0.220. The number of aromatic nitrogens is 4. The second-order valence-corrected chi connectivity index (χ2v) is 7.82. The molecule has 0 bridgehead atoms. The highest BCUT2D eigenvalue weighted by Crippen LogP contribution is 2.28. The molecule has 9 heteroatoms. The molecule has 1 atom stereocenters. The third-order valence-corrected chi connectivity index (χ3v) is 5.97. The first-order valence-electron chi connectivity index (χ1n) is 6.11. The van der Waals surface area contributed by atoms with Crippen molar-refractivity contribution in [1.29, 1.82) is 0 Å². The van der Waals surface area contributed by atoms with Crippen LogP contribution in [0.3, 0.4) is 0 Å². The largest absolute Gasteiger partial charge is 0.330 e. The van der Waals surface area contributed by atoms with Gasteiger partial charge in [0, 0.05) is 10.8 Å². The molecule has 0 amide bonds. The van der Waals surface area contributed by atoms with Crippen LogP contribution in [0, 0.1) is 0 Å². The molecule has 21 heavy (non-hydrogen) atoms. The van der Waals surface area contributed by atoms with Crippen molar-refractivity contribution in [3.63, 3.8) is 0 Å². The van der Waals surface area contributed by atoms with Crippen molar-refractivity contribution in [3.8, 4) is 0 Å². The van der Waals surface area contributed by atoms with Crippen LogP contribution in [0.2, 0.25) is 5.02 Å². The van der Waals surface area contributed by atoms with Crippen LogP contribution >= 0.6 is 34.7 Å². The molecule has 0 fully saturated rings. The van der Waals surface area contributed by atoms with Gasteiger partial charge in [-0.05, 0) is 5.75 Å². The number of thioether (sulfide) groups is 1. The Labute approximate surface area is 137 Å². The highest BCUT2D eigenvalue weighted by Gasteiger charge is 2.16. The zero-order chi connectivity index (χ0) is 14.8. The number of nitrogens with one attached hydrogen (secondary N) is 1. The Bertz CT molecular complexity index is 772. The zero-order valence-electron chi connectivity index (χ0n) is 11.0. The monoisotopic (exact) mass is 358 g/mol. The smallest absolute Gasteiger partial charge is 0.197 e. The number of halogens is 1. The van der Waals surface area contributed by atoms with E-state index in [4.69, 9.17) is 11.6 Å². The lowest BCUT2D eigenvalue weighted by molar-refractivity contribution is 0.676. The van der Waals surface area contributed by atoms with Crippen LogP contribution in [0.5, 0.6) is 0 Å². The summed E-state index contributed by atoms with van der Waals surface area (Å²) in [5.74, 6) is 1.09. The molecule has 0 aromatic carbocycles. The minimum Gasteiger partial charge on any atom is -0.330 e. The van der Waals surface area contributed by atoms with Crippen LogP contribution in [0.4, 0.5) is 0 Å². The first-order valence-corrected chi connectivity index (χ1v) is 9.74. The van der Waals surface area contributed by atoms with Crippen LogP contribution in [0.1, 0.15) is 12.6 Å². The number of H-pyrrole nitrogens is 1. The summed E-state index contributed by atoms with van der Waals surface area (Å²) in [5.41, 5.74) is 2.32. The lowest BCUT2D eigenvalue weighted by atomic mass is 10.4. The topological polar surface area (TPSA) is 71.5 Å². The van der Waals surface area contributed by atoms with Crippen molar-refractivity contribution in [1.82, 2.24) is 19.9 Å². The standard InChI is InChI=1S/C12H11ClN4OS3/c1-2-20-11-10(13)9(14-6-15-11)5-21(18)12-16-7-3-19-4-8(7)17-12/h3-4,6H,2,5H2,1H3,(H,16,17). The van der Waals surface area contributed by atoms with E-state index in [-0.39, 0.29) is 5.75 Å². The van der Waals surface area contributed by atoms with Crippen molar-refractivity contribution in [3.05, 3.63) is 27.8 Å². The Hall–Kier alpha value is -0.960. The van der Waals surface area contributed by atoms with E-state index in [1.807, 2.05) is 17.7 Å². The van der Waals surface area contributed by atoms with Crippen LogP contribution in [-0.4, -0.2) is 29.9 Å². The number of fused-ring (bicyclic) bond motifs is 1. The third-order valence-electron chi connectivity index (χ3n) is 2.70. The molecular formula is C12H11ClN4OS3. The molecule has 0 radical (unpaired) electrons. The van der Waals surface area contributed by atoms with Gasteiger partial charge in [0.05, 0.1) is 32.8 Å². The lowest BCUT2D eigenvalue weighted by Crippen LogP contribution is -2.03. The second kappa shape index (κ2) is 6.43. The van der Waals surface area contributed by atoms with Crippen molar-refractivity contribution >= 4 is 56.5 Å². The first kappa shape index (κ1) is 15.0. The van der Waals surface area contributed by atoms with Gasteiger partial charge in [0.25, 0.3) is 0 Å². The van der Waals surface area contributed by atoms with Crippen LogP contribution in [-0.2, 0) is 16.6 Å². The van der Waals surface area contributed by atoms with E-state index in [0.717, 1.165) is 21.8 Å². The molecule has 3 aromatic rings. The Morgan fingerprint density at radius 1 is 1.43 bits per heavy atom. The molecule has 5 nitrogen and oxygen atoms in total. The van der Waals surface area contributed by atoms with Gasteiger partial charge in [-0.3, -0.25) is 4.21 Å². The molecule has 0 aliphatic carbocycles. The highest BCUT2D eigenvalue weighted by molar-refractivity contribution is 7.99. The molecule has 0 saturated carbocycles. The summed E-state index contributed by atoms with van der Waals surface area (Å²) in [7, 11) is -1.31. The molecule has 3 rings (SSSR count). The van der Waals surface area contributed by atoms with Gasteiger partial charge in [-0.1, -0.05) is 18.5 Å². The number of hydrogen-bond acceptors (Lipinski definition) is 6. The van der Waals surface area contributed by atoms with Gasteiger partial charge >= 0.3 is 0 Å². The van der Waals surface area contributed by atoms with E-state index < -0.39 is 10.8 Å². The number of hydrogen-bond donors (Lipinski definition) is 1. The number of aromatic amines is 1. The van der Waals surface area contributed by atoms with E-state index in [0.29, 0.717) is 15.9 Å². The van der Waals surface area contributed by atoms with Gasteiger partial charge in [0.15, 0.2) is 5.16 Å². The Morgan fingerprint density at radius 2 is 2.29 bits per heavy atom. The number of thiophene rings is 1. The molecule has 3 heterocycles. The first-order chi connectivity index (χ1) is 10.2. The molecule has 3 aromatic heterocycles. The molecule has 1 N–H and O–H groups in total.